The average Bonchev–Trinajstić information content (AvgIpc) is 3.33. The quantitative estimate of drug-likeness (QED) is 0.142. The molecule has 10 aromatic carbocycles. The van der Waals surface area contributed by atoms with E-state index in [0.29, 0.717) is 0 Å². The van der Waals surface area contributed by atoms with Crippen molar-refractivity contribution in [2.24, 2.45) is 0 Å². The van der Waals surface area contributed by atoms with Crippen molar-refractivity contribution in [1.82, 2.24) is 0 Å². The minimum atomic E-state index is 1.09. The third-order valence-electron chi connectivity index (χ3n) is 11.3. The van der Waals surface area contributed by atoms with Gasteiger partial charge >= 0.3 is 0 Å². The minimum absolute atomic E-state index is 1.09. The molecule has 0 aliphatic heterocycles. The SMILES string of the molecule is c1ccc(-c2ccc(N(c3ccc(-c4cccc5ccccc45)cc3)c3ccc(-c4ccc(-c5ccccc5)cc4-c4ccccc4)cc3-c3ccccc3)cc2)cc1. The second-order valence-corrected chi connectivity index (χ2v) is 14.9. The molecule has 0 spiro atoms. The molecule has 0 unspecified atom stereocenters. The lowest BCUT2D eigenvalue weighted by Gasteiger charge is -2.29. The molecule has 0 fully saturated rings. The zero-order chi connectivity index (χ0) is 39.4. The summed E-state index contributed by atoms with van der Waals surface area (Å²) in [7, 11) is 0. The molecule has 10 rings (SSSR count). The molecule has 0 saturated heterocycles. The van der Waals surface area contributed by atoms with E-state index in [1.54, 1.807) is 0 Å². The van der Waals surface area contributed by atoms with Crippen molar-refractivity contribution >= 4 is 27.8 Å². The Morgan fingerprint density at radius 2 is 0.644 bits per heavy atom. The van der Waals surface area contributed by atoms with E-state index in [-0.39, 0.29) is 0 Å². The van der Waals surface area contributed by atoms with E-state index in [1.165, 1.54) is 60.8 Å². The summed E-state index contributed by atoms with van der Waals surface area (Å²) in [6.45, 7) is 0. The van der Waals surface area contributed by atoms with Crippen LogP contribution >= 0.6 is 0 Å². The van der Waals surface area contributed by atoms with Crippen molar-refractivity contribution < 1.29 is 0 Å². The highest BCUT2D eigenvalue weighted by Crippen LogP contribution is 2.45. The Morgan fingerprint density at radius 3 is 1.27 bits per heavy atom. The maximum Gasteiger partial charge on any atom is 0.0540 e. The smallest absolute Gasteiger partial charge is 0.0540 e. The fourth-order valence-electron chi connectivity index (χ4n) is 8.34. The van der Waals surface area contributed by atoms with Crippen LogP contribution in [0, 0.1) is 0 Å². The van der Waals surface area contributed by atoms with Crippen molar-refractivity contribution in [3.05, 3.63) is 249 Å². The fraction of sp³-hybridized carbons (Fsp3) is 0. The first-order valence-corrected chi connectivity index (χ1v) is 20.3. The van der Waals surface area contributed by atoms with Gasteiger partial charge in [0.25, 0.3) is 0 Å². The van der Waals surface area contributed by atoms with Gasteiger partial charge in [-0.05, 0) is 114 Å². The third kappa shape index (κ3) is 7.23. The number of anilines is 3. The second-order valence-electron chi connectivity index (χ2n) is 14.9. The summed E-state index contributed by atoms with van der Waals surface area (Å²) in [6, 6.07) is 89.9. The fourth-order valence-corrected chi connectivity index (χ4v) is 8.34. The molecule has 0 amide bonds. The first-order valence-electron chi connectivity index (χ1n) is 20.3. The minimum Gasteiger partial charge on any atom is -0.310 e. The van der Waals surface area contributed by atoms with E-state index in [4.69, 9.17) is 0 Å². The van der Waals surface area contributed by atoms with Gasteiger partial charge in [0.2, 0.25) is 0 Å². The van der Waals surface area contributed by atoms with Crippen LogP contribution in [-0.2, 0) is 0 Å². The first-order chi connectivity index (χ1) is 29.3. The van der Waals surface area contributed by atoms with Crippen LogP contribution in [0.1, 0.15) is 0 Å². The number of hydrogen-bond acceptors (Lipinski definition) is 1. The van der Waals surface area contributed by atoms with Crippen molar-refractivity contribution in [2.75, 3.05) is 4.90 Å². The van der Waals surface area contributed by atoms with Gasteiger partial charge in [-0.15, -0.1) is 0 Å². The largest absolute Gasteiger partial charge is 0.310 e. The van der Waals surface area contributed by atoms with E-state index >= 15 is 0 Å². The van der Waals surface area contributed by atoms with Crippen LogP contribution in [-0.4, -0.2) is 0 Å². The van der Waals surface area contributed by atoms with E-state index in [2.05, 4.69) is 254 Å². The molecule has 278 valence electrons. The van der Waals surface area contributed by atoms with Crippen molar-refractivity contribution in [3.8, 4) is 66.8 Å². The predicted octanol–water partition coefficient (Wildman–Crippen LogP) is 16.3. The average molecular weight is 752 g/mol. The Kier molecular flexibility index (Phi) is 9.68. The lowest BCUT2D eigenvalue weighted by molar-refractivity contribution is 1.28. The Bertz CT molecular complexity index is 2990. The highest BCUT2D eigenvalue weighted by molar-refractivity contribution is 5.98. The number of benzene rings is 10. The van der Waals surface area contributed by atoms with Gasteiger partial charge in [0.15, 0.2) is 0 Å². The lowest BCUT2D eigenvalue weighted by atomic mass is 9.89. The van der Waals surface area contributed by atoms with Crippen LogP contribution in [0.15, 0.2) is 249 Å². The molecule has 0 aromatic heterocycles. The first kappa shape index (κ1) is 35.7. The van der Waals surface area contributed by atoms with E-state index in [9.17, 15) is 0 Å². The van der Waals surface area contributed by atoms with Gasteiger partial charge in [-0.1, -0.05) is 206 Å². The number of fused-ring (bicyclic) bond motifs is 1. The number of hydrogen-bond donors (Lipinski definition) is 0. The molecular weight excluding hydrogens is 711 g/mol. The summed E-state index contributed by atoms with van der Waals surface area (Å²) in [5.41, 5.74) is 17.6. The molecular formula is C58H41N. The predicted molar refractivity (Wildman–Crippen MR) is 251 cm³/mol. The summed E-state index contributed by atoms with van der Waals surface area (Å²) < 4.78 is 0. The standard InChI is InChI=1S/C58H41N/c1-5-16-42(17-6-1)44-28-34-51(35-29-44)59(52-36-30-48(31-37-52)54-27-15-25-45-24-13-14-26-53(45)54)58-39-33-50(41-57(58)47-22-11-4-12-23-47)55-38-32-49(43-18-7-2-8-19-43)40-56(55)46-20-9-3-10-21-46/h1-41H. The van der Waals surface area contributed by atoms with Crippen LogP contribution < -0.4 is 4.90 Å². The van der Waals surface area contributed by atoms with Gasteiger partial charge in [0, 0.05) is 16.9 Å². The van der Waals surface area contributed by atoms with Crippen LogP contribution in [0.3, 0.4) is 0 Å². The summed E-state index contributed by atoms with van der Waals surface area (Å²) in [4.78, 5) is 2.41. The van der Waals surface area contributed by atoms with Gasteiger partial charge < -0.3 is 4.90 Å². The molecule has 0 bridgehead atoms. The molecule has 0 atom stereocenters. The zero-order valence-corrected chi connectivity index (χ0v) is 32.6. The number of rotatable bonds is 9. The molecule has 59 heavy (non-hydrogen) atoms. The molecule has 10 aromatic rings. The Morgan fingerprint density at radius 1 is 0.220 bits per heavy atom. The van der Waals surface area contributed by atoms with E-state index in [0.717, 1.165) is 33.8 Å². The van der Waals surface area contributed by atoms with Gasteiger partial charge in [-0.3, -0.25) is 0 Å². The lowest BCUT2D eigenvalue weighted by Crippen LogP contribution is -2.11. The summed E-state index contributed by atoms with van der Waals surface area (Å²) in [6.07, 6.45) is 0. The van der Waals surface area contributed by atoms with Crippen molar-refractivity contribution in [1.29, 1.82) is 0 Å². The molecule has 0 aliphatic rings. The topological polar surface area (TPSA) is 3.24 Å². The van der Waals surface area contributed by atoms with Crippen molar-refractivity contribution in [3.63, 3.8) is 0 Å². The van der Waals surface area contributed by atoms with Gasteiger partial charge in [0.1, 0.15) is 0 Å². The normalized spacial score (nSPS) is 11.1. The highest BCUT2D eigenvalue weighted by Gasteiger charge is 2.20. The Balaban J connectivity index is 1.14. The highest BCUT2D eigenvalue weighted by atomic mass is 15.1. The van der Waals surface area contributed by atoms with Crippen LogP contribution in [0.5, 0.6) is 0 Å². The molecule has 0 heterocycles. The molecule has 1 nitrogen and oxygen atoms in total. The monoisotopic (exact) mass is 751 g/mol. The Hall–Kier alpha value is -7.74. The third-order valence-corrected chi connectivity index (χ3v) is 11.3. The molecule has 0 N–H and O–H groups in total. The zero-order valence-electron chi connectivity index (χ0n) is 32.6. The number of nitrogens with zero attached hydrogens (tertiary/aromatic N) is 1. The van der Waals surface area contributed by atoms with Gasteiger partial charge in [-0.2, -0.15) is 0 Å². The van der Waals surface area contributed by atoms with Crippen LogP contribution in [0.25, 0.3) is 77.5 Å². The van der Waals surface area contributed by atoms with Gasteiger partial charge in [0.05, 0.1) is 5.69 Å². The molecule has 0 radical (unpaired) electrons. The summed E-state index contributed by atoms with van der Waals surface area (Å²) in [5, 5.41) is 2.50. The molecule has 0 aliphatic carbocycles. The molecule has 1 heteroatoms. The molecule has 0 saturated carbocycles. The van der Waals surface area contributed by atoms with Crippen LogP contribution in [0.4, 0.5) is 17.1 Å². The maximum atomic E-state index is 2.41. The van der Waals surface area contributed by atoms with Crippen molar-refractivity contribution in [2.45, 2.75) is 0 Å². The Labute approximate surface area is 346 Å². The van der Waals surface area contributed by atoms with Gasteiger partial charge in [-0.25, -0.2) is 0 Å². The van der Waals surface area contributed by atoms with E-state index < -0.39 is 0 Å². The maximum absolute atomic E-state index is 2.41. The van der Waals surface area contributed by atoms with E-state index in [1.807, 2.05) is 0 Å². The summed E-state index contributed by atoms with van der Waals surface area (Å²) in [5.74, 6) is 0. The summed E-state index contributed by atoms with van der Waals surface area (Å²) >= 11 is 0. The second kappa shape index (κ2) is 16.0. The van der Waals surface area contributed by atoms with Crippen LogP contribution in [0.2, 0.25) is 0 Å².